The molecule has 0 saturated carbocycles. The molecule has 1 saturated heterocycles. The predicted molar refractivity (Wildman–Crippen MR) is 81.9 cm³/mol. The molecule has 1 aliphatic rings. The fraction of sp³-hybridized carbons (Fsp3) is 0.533. The Balaban J connectivity index is 1.95. The van der Waals surface area contributed by atoms with Crippen LogP contribution < -0.4 is 5.32 Å². The Kier molecular flexibility index (Phi) is 5.40. The second-order valence-corrected chi connectivity index (χ2v) is 5.70. The van der Waals surface area contributed by atoms with E-state index in [0.29, 0.717) is 11.6 Å². The number of likely N-dealkylation sites (N-methyl/N-ethyl adjacent to an activating group) is 1. The van der Waals surface area contributed by atoms with E-state index in [0.717, 1.165) is 31.7 Å². The summed E-state index contributed by atoms with van der Waals surface area (Å²) in [5.74, 6) is 0.152. The molecule has 1 fully saturated rings. The van der Waals surface area contributed by atoms with Gasteiger partial charge in [0.1, 0.15) is 0 Å². The second-order valence-electron chi connectivity index (χ2n) is 5.26. The molecular formula is C15H22ClN3O. The quantitative estimate of drug-likeness (QED) is 0.919. The molecule has 1 heterocycles. The highest BCUT2D eigenvalue weighted by Gasteiger charge is 2.20. The summed E-state index contributed by atoms with van der Waals surface area (Å²) in [6.45, 7) is 6.31. The highest BCUT2D eigenvalue weighted by molar-refractivity contribution is 6.30. The first kappa shape index (κ1) is 15.3. The van der Waals surface area contributed by atoms with E-state index in [1.807, 2.05) is 38.2 Å². The molecule has 2 rings (SSSR count). The van der Waals surface area contributed by atoms with E-state index >= 15 is 0 Å². The summed E-state index contributed by atoms with van der Waals surface area (Å²) in [6.07, 6.45) is 0. The Labute approximate surface area is 125 Å². The van der Waals surface area contributed by atoms with Gasteiger partial charge in [0.25, 0.3) is 0 Å². The number of hydrogen-bond acceptors (Lipinski definition) is 3. The van der Waals surface area contributed by atoms with Crippen LogP contribution in [-0.4, -0.2) is 55.5 Å². The van der Waals surface area contributed by atoms with Crippen molar-refractivity contribution in [2.75, 3.05) is 39.8 Å². The molecular weight excluding hydrogens is 274 g/mol. The van der Waals surface area contributed by atoms with Gasteiger partial charge in [-0.25, -0.2) is 0 Å². The average molecular weight is 296 g/mol. The number of rotatable bonds is 4. The van der Waals surface area contributed by atoms with Gasteiger partial charge >= 0.3 is 0 Å². The van der Waals surface area contributed by atoms with Gasteiger partial charge in [-0.3, -0.25) is 9.69 Å². The first-order chi connectivity index (χ1) is 9.58. The van der Waals surface area contributed by atoms with Crippen LogP contribution in [0.3, 0.4) is 0 Å². The summed E-state index contributed by atoms with van der Waals surface area (Å²) in [6, 6.07) is 7.72. The maximum absolute atomic E-state index is 12.3. The molecule has 4 nitrogen and oxygen atoms in total. The van der Waals surface area contributed by atoms with Crippen molar-refractivity contribution in [3.8, 4) is 0 Å². The Morgan fingerprint density at radius 1 is 1.45 bits per heavy atom. The summed E-state index contributed by atoms with van der Waals surface area (Å²) in [7, 11) is 1.86. The third-order valence-corrected chi connectivity index (χ3v) is 4.11. The summed E-state index contributed by atoms with van der Waals surface area (Å²) in [5.41, 5.74) is 1.06. The lowest BCUT2D eigenvalue weighted by molar-refractivity contribution is -0.133. The van der Waals surface area contributed by atoms with Gasteiger partial charge in [-0.15, -0.1) is 0 Å². The van der Waals surface area contributed by atoms with Crippen LogP contribution in [0.5, 0.6) is 0 Å². The molecule has 1 aromatic carbocycles. The molecule has 1 aromatic rings. The fourth-order valence-electron chi connectivity index (χ4n) is 2.38. The van der Waals surface area contributed by atoms with Gasteiger partial charge in [-0.1, -0.05) is 23.7 Å². The third kappa shape index (κ3) is 3.95. The van der Waals surface area contributed by atoms with Crippen molar-refractivity contribution in [1.29, 1.82) is 0 Å². The van der Waals surface area contributed by atoms with Crippen LogP contribution in [0.1, 0.15) is 18.5 Å². The van der Waals surface area contributed by atoms with E-state index in [9.17, 15) is 4.79 Å². The van der Waals surface area contributed by atoms with Crippen molar-refractivity contribution in [1.82, 2.24) is 15.1 Å². The van der Waals surface area contributed by atoms with Crippen LogP contribution in [0.25, 0.3) is 0 Å². The Morgan fingerprint density at radius 2 is 2.15 bits per heavy atom. The van der Waals surface area contributed by atoms with Gasteiger partial charge in [-0.2, -0.15) is 0 Å². The van der Waals surface area contributed by atoms with Crippen molar-refractivity contribution in [3.63, 3.8) is 0 Å². The minimum absolute atomic E-state index is 0.0316. The van der Waals surface area contributed by atoms with Crippen molar-refractivity contribution in [2.24, 2.45) is 0 Å². The van der Waals surface area contributed by atoms with Crippen LogP contribution in [-0.2, 0) is 4.79 Å². The highest BCUT2D eigenvalue weighted by Crippen LogP contribution is 2.22. The zero-order valence-corrected chi connectivity index (χ0v) is 12.9. The topological polar surface area (TPSA) is 35.6 Å². The second kappa shape index (κ2) is 7.07. The first-order valence-electron chi connectivity index (χ1n) is 7.02. The number of carbonyl (C=O) groups excluding carboxylic acids is 1. The molecule has 5 heteroatoms. The molecule has 1 aliphatic heterocycles. The number of halogens is 1. The molecule has 1 N–H and O–H groups in total. The first-order valence-corrected chi connectivity index (χ1v) is 7.40. The maximum atomic E-state index is 12.3. The van der Waals surface area contributed by atoms with E-state index in [1.54, 1.807) is 4.90 Å². The summed E-state index contributed by atoms with van der Waals surface area (Å²) in [4.78, 5) is 16.3. The number of benzene rings is 1. The van der Waals surface area contributed by atoms with Gasteiger partial charge < -0.3 is 10.2 Å². The van der Waals surface area contributed by atoms with Crippen LogP contribution in [0.2, 0.25) is 5.02 Å². The lowest BCUT2D eigenvalue weighted by Crippen LogP contribution is -2.48. The number of carbonyl (C=O) groups is 1. The summed E-state index contributed by atoms with van der Waals surface area (Å²) in [5, 5.41) is 4.00. The standard InChI is InChI=1S/C15H22ClN3O/c1-12(13-4-3-5-14(16)10-13)18(2)15(20)11-19-8-6-17-7-9-19/h3-5,10,12,17H,6-9,11H2,1-2H3. The predicted octanol–water partition coefficient (Wildman–Crippen LogP) is 1.76. The van der Waals surface area contributed by atoms with Crippen molar-refractivity contribution >= 4 is 17.5 Å². The van der Waals surface area contributed by atoms with Gasteiger partial charge in [0.15, 0.2) is 0 Å². The number of hydrogen-bond donors (Lipinski definition) is 1. The number of piperazine rings is 1. The number of nitrogens with one attached hydrogen (secondary N) is 1. The van der Waals surface area contributed by atoms with E-state index in [2.05, 4.69) is 10.2 Å². The van der Waals surface area contributed by atoms with Crippen LogP contribution >= 0.6 is 11.6 Å². The van der Waals surface area contributed by atoms with E-state index in [1.165, 1.54) is 0 Å². The molecule has 1 amide bonds. The van der Waals surface area contributed by atoms with Crippen molar-refractivity contribution < 1.29 is 4.79 Å². The fourth-order valence-corrected chi connectivity index (χ4v) is 2.58. The SMILES string of the molecule is CC(c1cccc(Cl)c1)N(C)C(=O)CN1CCNCC1. The molecule has 0 aliphatic carbocycles. The maximum Gasteiger partial charge on any atom is 0.236 e. The van der Waals surface area contributed by atoms with Crippen LogP contribution in [0.15, 0.2) is 24.3 Å². The Morgan fingerprint density at radius 3 is 2.80 bits per heavy atom. The largest absolute Gasteiger partial charge is 0.338 e. The van der Waals surface area contributed by atoms with Gasteiger partial charge in [0.2, 0.25) is 5.91 Å². The number of nitrogens with zero attached hydrogens (tertiary/aromatic N) is 2. The van der Waals surface area contributed by atoms with Crippen LogP contribution in [0, 0.1) is 0 Å². The monoisotopic (exact) mass is 295 g/mol. The van der Waals surface area contributed by atoms with Gasteiger partial charge in [0.05, 0.1) is 12.6 Å². The lowest BCUT2D eigenvalue weighted by Gasteiger charge is -2.31. The molecule has 0 spiro atoms. The minimum Gasteiger partial charge on any atom is -0.338 e. The van der Waals surface area contributed by atoms with Crippen molar-refractivity contribution in [2.45, 2.75) is 13.0 Å². The van der Waals surface area contributed by atoms with E-state index < -0.39 is 0 Å². The van der Waals surface area contributed by atoms with Crippen LogP contribution in [0.4, 0.5) is 0 Å². The Bertz CT molecular complexity index is 460. The molecule has 0 radical (unpaired) electrons. The molecule has 1 unspecified atom stereocenters. The summed E-state index contributed by atoms with van der Waals surface area (Å²) >= 11 is 6.01. The van der Waals surface area contributed by atoms with E-state index in [4.69, 9.17) is 11.6 Å². The molecule has 0 aromatic heterocycles. The lowest BCUT2D eigenvalue weighted by atomic mass is 10.1. The van der Waals surface area contributed by atoms with Crippen molar-refractivity contribution in [3.05, 3.63) is 34.9 Å². The zero-order chi connectivity index (χ0) is 14.5. The summed E-state index contributed by atoms with van der Waals surface area (Å²) < 4.78 is 0. The van der Waals surface area contributed by atoms with E-state index in [-0.39, 0.29) is 11.9 Å². The molecule has 110 valence electrons. The molecule has 20 heavy (non-hydrogen) atoms. The van der Waals surface area contributed by atoms with Gasteiger partial charge in [0, 0.05) is 38.2 Å². The smallest absolute Gasteiger partial charge is 0.236 e. The molecule has 0 bridgehead atoms. The average Bonchev–Trinajstić information content (AvgIpc) is 2.46. The molecule has 1 atom stereocenters. The zero-order valence-electron chi connectivity index (χ0n) is 12.1. The van der Waals surface area contributed by atoms with Gasteiger partial charge in [-0.05, 0) is 24.6 Å². The number of amides is 1. The normalized spacial score (nSPS) is 17.8. The highest BCUT2D eigenvalue weighted by atomic mass is 35.5. The minimum atomic E-state index is 0.0316. The Hall–Kier alpha value is -1.10. The third-order valence-electron chi connectivity index (χ3n) is 3.87.